The third-order valence-electron chi connectivity index (χ3n) is 4.56. The van der Waals surface area contributed by atoms with Crippen LogP contribution in [0.15, 0.2) is 18.2 Å². The summed E-state index contributed by atoms with van der Waals surface area (Å²) in [5.41, 5.74) is 0.992. The molecule has 1 aromatic rings. The summed E-state index contributed by atoms with van der Waals surface area (Å²) in [6, 6.07) is 5.75. The van der Waals surface area contributed by atoms with Crippen molar-refractivity contribution in [2.24, 2.45) is 5.92 Å². The average Bonchev–Trinajstić information content (AvgIpc) is 3.01. The third kappa shape index (κ3) is 3.53. The number of amides is 1. The van der Waals surface area contributed by atoms with Crippen LogP contribution in [0.2, 0.25) is 0 Å². The van der Waals surface area contributed by atoms with Gasteiger partial charge >= 0.3 is 0 Å². The minimum absolute atomic E-state index is 0.214. The number of rotatable bonds is 5. The Kier molecular flexibility index (Phi) is 4.83. The van der Waals surface area contributed by atoms with Crippen LogP contribution in [0.4, 0.5) is 0 Å². The van der Waals surface area contributed by atoms with Gasteiger partial charge in [-0.3, -0.25) is 4.79 Å². The number of nitrogens with one attached hydrogen (secondary N) is 1. The van der Waals surface area contributed by atoms with Gasteiger partial charge in [-0.2, -0.15) is 0 Å². The largest absolute Gasteiger partial charge is 0.454 e. The van der Waals surface area contributed by atoms with Crippen LogP contribution >= 0.6 is 0 Å². The summed E-state index contributed by atoms with van der Waals surface area (Å²) in [6.45, 7) is 3.11. The number of benzene rings is 1. The smallest absolute Gasteiger partial charge is 0.231 e. The molecule has 1 aromatic carbocycles. The molecule has 1 amide bonds. The fourth-order valence-electron chi connectivity index (χ4n) is 3.16. The minimum Gasteiger partial charge on any atom is -0.454 e. The molecule has 0 aromatic heterocycles. The predicted octanol–water partition coefficient (Wildman–Crippen LogP) is 1.81. The van der Waals surface area contributed by atoms with Gasteiger partial charge in [-0.05, 0) is 56.5 Å². The van der Waals surface area contributed by atoms with Crippen LogP contribution in [0, 0.1) is 5.92 Å². The SMILES string of the molecule is CNCCC1CCN(C(=O)Cc2ccc3c(c2)OCO3)CC1. The second kappa shape index (κ2) is 7.01. The van der Waals surface area contributed by atoms with Gasteiger partial charge in [0.1, 0.15) is 0 Å². The van der Waals surface area contributed by atoms with Crippen molar-refractivity contribution in [3.63, 3.8) is 0 Å². The Balaban J connectivity index is 1.50. The van der Waals surface area contributed by atoms with Gasteiger partial charge in [0.05, 0.1) is 6.42 Å². The van der Waals surface area contributed by atoms with Crippen molar-refractivity contribution in [3.05, 3.63) is 23.8 Å². The number of likely N-dealkylation sites (tertiary alicyclic amines) is 1. The Bertz CT molecular complexity index is 525. The third-order valence-corrected chi connectivity index (χ3v) is 4.56. The van der Waals surface area contributed by atoms with Gasteiger partial charge in [0, 0.05) is 13.1 Å². The van der Waals surface area contributed by atoms with E-state index in [1.54, 1.807) is 0 Å². The van der Waals surface area contributed by atoms with E-state index in [0.29, 0.717) is 6.42 Å². The van der Waals surface area contributed by atoms with Crippen LogP contribution in [0.3, 0.4) is 0 Å². The van der Waals surface area contributed by atoms with E-state index in [1.807, 2.05) is 30.1 Å². The van der Waals surface area contributed by atoms with Gasteiger partial charge in [0.15, 0.2) is 11.5 Å². The number of carbonyl (C=O) groups is 1. The highest BCUT2D eigenvalue weighted by atomic mass is 16.7. The molecule has 0 radical (unpaired) electrons. The Labute approximate surface area is 131 Å². The summed E-state index contributed by atoms with van der Waals surface area (Å²) >= 11 is 0. The summed E-state index contributed by atoms with van der Waals surface area (Å²) in [6.07, 6.45) is 3.89. The fourth-order valence-corrected chi connectivity index (χ4v) is 3.16. The molecule has 1 fully saturated rings. The summed E-state index contributed by atoms with van der Waals surface area (Å²) in [4.78, 5) is 14.4. The molecule has 0 unspecified atom stereocenters. The molecule has 0 atom stereocenters. The highest BCUT2D eigenvalue weighted by molar-refractivity contribution is 5.79. The molecule has 0 spiro atoms. The van der Waals surface area contributed by atoms with Crippen molar-refractivity contribution in [1.82, 2.24) is 10.2 Å². The number of fused-ring (bicyclic) bond motifs is 1. The summed E-state index contributed by atoms with van der Waals surface area (Å²) in [5.74, 6) is 2.48. The zero-order chi connectivity index (χ0) is 15.4. The van der Waals surface area contributed by atoms with Gasteiger partial charge in [0.25, 0.3) is 0 Å². The zero-order valence-corrected chi connectivity index (χ0v) is 13.1. The van der Waals surface area contributed by atoms with Gasteiger partial charge in [-0.1, -0.05) is 6.07 Å². The Morgan fingerprint density at radius 1 is 1.27 bits per heavy atom. The lowest BCUT2D eigenvalue weighted by Gasteiger charge is -2.32. The monoisotopic (exact) mass is 304 g/mol. The van der Waals surface area contributed by atoms with E-state index < -0.39 is 0 Å². The summed E-state index contributed by atoms with van der Waals surface area (Å²) in [5, 5.41) is 3.20. The molecule has 2 aliphatic heterocycles. The van der Waals surface area contributed by atoms with E-state index in [-0.39, 0.29) is 12.7 Å². The fraction of sp³-hybridized carbons (Fsp3) is 0.588. The van der Waals surface area contributed by atoms with E-state index in [4.69, 9.17) is 9.47 Å². The highest BCUT2D eigenvalue weighted by Gasteiger charge is 2.23. The molecule has 22 heavy (non-hydrogen) atoms. The normalized spacial score (nSPS) is 17.8. The molecule has 0 bridgehead atoms. The number of carbonyl (C=O) groups excluding carboxylic acids is 1. The maximum Gasteiger partial charge on any atom is 0.231 e. The quantitative estimate of drug-likeness (QED) is 0.901. The van der Waals surface area contributed by atoms with Crippen LogP contribution < -0.4 is 14.8 Å². The van der Waals surface area contributed by atoms with Gasteiger partial charge in [-0.15, -0.1) is 0 Å². The molecule has 0 aliphatic carbocycles. The number of hydrogen-bond acceptors (Lipinski definition) is 4. The maximum atomic E-state index is 12.4. The Morgan fingerprint density at radius 3 is 2.82 bits per heavy atom. The lowest BCUT2D eigenvalue weighted by Crippen LogP contribution is -2.39. The highest BCUT2D eigenvalue weighted by Crippen LogP contribution is 2.32. The molecule has 5 heteroatoms. The molecule has 3 rings (SSSR count). The molecular formula is C17H24N2O3. The first-order valence-electron chi connectivity index (χ1n) is 8.07. The van der Waals surface area contributed by atoms with Crippen molar-refractivity contribution >= 4 is 5.91 Å². The van der Waals surface area contributed by atoms with Crippen LogP contribution in [0.25, 0.3) is 0 Å². The van der Waals surface area contributed by atoms with Gasteiger partial charge < -0.3 is 19.7 Å². The van der Waals surface area contributed by atoms with Crippen LogP contribution in [-0.4, -0.2) is 44.3 Å². The van der Waals surface area contributed by atoms with Crippen LogP contribution in [-0.2, 0) is 11.2 Å². The Morgan fingerprint density at radius 2 is 2.05 bits per heavy atom. The molecule has 120 valence electrons. The minimum atomic E-state index is 0.214. The predicted molar refractivity (Wildman–Crippen MR) is 84.1 cm³/mol. The van der Waals surface area contributed by atoms with Crippen molar-refractivity contribution in [2.45, 2.75) is 25.7 Å². The Hall–Kier alpha value is -1.75. The van der Waals surface area contributed by atoms with Gasteiger partial charge in [-0.25, -0.2) is 0 Å². The summed E-state index contributed by atoms with van der Waals surface area (Å²) in [7, 11) is 1.99. The van der Waals surface area contributed by atoms with E-state index >= 15 is 0 Å². The second-order valence-corrected chi connectivity index (χ2v) is 6.08. The van der Waals surface area contributed by atoms with E-state index in [2.05, 4.69) is 5.32 Å². The molecule has 2 heterocycles. The maximum absolute atomic E-state index is 12.4. The summed E-state index contributed by atoms with van der Waals surface area (Å²) < 4.78 is 10.7. The van der Waals surface area contributed by atoms with E-state index in [0.717, 1.165) is 55.5 Å². The van der Waals surface area contributed by atoms with Gasteiger partial charge in [0.2, 0.25) is 12.7 Å². The van der Waals surface area contributed by atoms with E-state index in [1.165, 1.54) is 6.42 Å². The van der Waals surface area contributed by atoms with Crippen molar-refractivity contribution in [2.75, 3.05) is 33.5 Å². The number of hydrogen-bond donors (Lipinski definition) is 1. The number of ether oxygens (including phenoxy) is 2. The first-order valence-corrected chi connectivity index (χ1v) is 8.07. The number of nitrogens with zero attached hydrogens (tertiary/aromatic N) is 1. The molecule has 5 nitrogen and oxygen atoms in total. The topological polar surface area (TPSA) is 50.8 Å². The van der Waals surface area contributed by atoms with Crippen molar-refractivity contribution in [1.29, 1.82) is 0 Å². The molecule has 2 aliphatic rings. The zero-order valence-electron chi connectivity index (χ0n) is 13.1. The first-order chi connectivity index (χ1) is 10.8. The lowest BCUT2D eigenvalue weighted by molar-refractivity contribution is -0.131. The van der Waals surface area contributed by atoms with Crippen molar-refractivity contribution < 1.29 is 14.3 Å². The average molecular weight is 304 g/mol. The van der Waals surface area contributed by atoms with Crippen molar-refractivity contribution in [3.8, 4) is 11.5 Å². The standard InChI is InChI=1S/C17H24N2O3/c1-18-7-4-13-5-8-19(9-6-13)17(20)11-14-2-3-15-16(10-14)22-12-21-15/h2-3,10,13,18H,4-9,11-12H2,1H3. The van der Waals surface area contributed by atoms with E-state index in [9.17, 15) is 4.79 Å². The second-order valence-electron chi connectivity index (χ2n) is 6.08. The molecular weight excluding hydrogens is 280 g/mol. The molecule has 1 N–H and O–H groups in total. The molecule has 0 saturated carbocycles. The van der Waals surface area contributed by atoms with Crippen LogP contribution in [0.5, 0.6) is 11.5 Å². The van der Waals surface area contributed by atoms with Crippen LogP contribution in [0.1, 0.15) is 24.8 Å². The number of piperidine rings is 1. The first kappa shape index (κ1) is 15.2. The lowest BCUT2D eigenvalue weighted by atomic mass is 9.93. The molecule has 1 saturated heterocycles.